The number of fused-ring (bicyclic) bond motifs is 3. The van der Waals surface area contributed by atoms with Gasteiger partial charge in [-0.15, -0.1) is 11.3 Å². The van der Waals surface area contributed by atoms with Crippen molar-refractivity contribution in [3.05, 3.63) is 44.4 Å². The highest BCUT2D eigenvalue weighted by Gasteiger charge is 2.45. The van der Waals surface area contributed by atoms with Gasteiger partial charge in [-0.3, -0.25) is 14.2 Å². The van der Waals surface area contributed by atoms with Crippen LogP contribution in [0.15, 0.2) is 17.2 Å². The third kappa shape index (κ3) is 3.31. The molecule has 1 amide bonds. The SMILES string of the molecule is CCOC(=O)c1sc2ncnc(Nc3cc(C)c4n(c3=O)C3(CCCCC3)NC4=O)c2c1C. The molecule has 1 spiro atoms. The minimum Gasteiger partial charge on any atom is -0.462 e. The summed E-state index contributed by atoms with van der Waals surface area (Å²) in [7, 11) is 0. The minimum absolute atomic E-state index is 0.199. The van der Waals surface area contributed by atoms with E-state index in [1.807, 2.05) is 13.8 Å². The van der Waals surface area contributed by atoms with Gasteiger partial charge in [-0.1, -0.05) is 6.42 Å². The summed E-state index contributed by atoms with van der Waals surface area (Å²) in [4.78, 5) is 48.5. The lowest BCUT2D eigenvalue weighted by Crippen LogP contribution is -2.48. The van der Waals surface area contributed by atoms with Crippen LogP contribution in [-0.4, -0.2) is 33.0 Å². The van der Waals surface area contributed by atoms with Gasteiger partial charge in [-0.05, 0) is 63.6 Å². The fraction of sp³-hybridized carbons (Fsp3) is 0.435. The van der Waals surface area contributed by atoms with Crippen molar-refractivity contribution in [2.75, 3.05) is 11.9 Å². The van der Waals surface area contributed by atoms with E-state index in [2.05, 4.69) is 20.6 Å². The van der Waals surface area contributed by atoms with E-state index in [4.69, 9.17) is 4.74 Å². The Bertz CT molecular complexity index is 1350. The van der Waals surface area contributed by atoms with Crippen LogP contribution in [0.25, 0.3) is 10.2 Å². The summed E-state index contributed by atoms with van der Waals surface area (Å²) in [6.45, 7) is 5.70. The normalized spacial score (nSPS) is 16.6. The van der Waals surface area contributed by atoms with Crippen molar-refractivity contribution in [1.82, 2.24) is 19.9 Å². The Morgan fingerprint density at radius 2 is 2.00 bits per heavy atom. The molecule has 172 valence electrons. The number of nitrogens with one attached hydrogen (secondary N) is 2. The van der Waals surface area contributed by atoms with Crippen molar-refractivity contribution in [2.45, 2.75) is 58.5 Å². The van der Waals surface area contributed by atoms with E-state index in [1.165, 1.54) is 17.7 Å². The first-order valence-corrected chi connectivity index (χ1v) is 12.0. The summed E-state index contributed by atoms with van der Waals surface area (Å²) in [5.41, 5.74) is 1.26. The molecule has 1 fully saturated rings. The Balaban J connectivity index is 1.62. The molecule has 0 unspecified atom stereocenters. The van der Waals surface area contributed by atoms with Gasteiger partial charge in [-0.2, -0.15) is 0 Å². The summed E-state index contributed by atoms with van der Waals surface area (Å²) >= 11 is 1.24. The van der Waals surface area contributed by atoms with Gasteiger partial charge >= 0.3 is 5.97 Å². The average Bonchev–Trinajstić information content (AvgIpc) is 3.27. The van der Waals surface area contributed by atoms with Crippen LogP contribution >= 0.6 is 11.3 Å². The van der Waals surface area contributed by atoms with Gasteiger partial charge in [-0.25, -0.2) is 14.8 Å². The number of ether oxygens (including phenoxy) is 1. The molecule has 0 bridgehead atoms. The molecular weight excluding hydrogens is 442 g/mol. The van der Waals surface area contributed by atoms with Gasteiger partial charge < -0.3 is 15.4 Å². The third-order valence-corrected chi connectivity index (χ3v) is 7.68. The van der Waals surface area contributed by atoms with Crippen molar-refractivity contribution in [2.24, 2.45) is 0 Å². The molecule has 0 radical (unpaired) electrons. The molecule has 1 aliphatic heterocycles. The molecule has 0 saturated heterocycles. The summed E-state index contributed by atoms with van der Waals surface area (Å²) in [6, 6.07) is 1.69. The number of nitrogens with zero attached hydrogens (tertiary/aromatic N) is 3. The highest BCUT2D eigenvalue weighted by Crippen LogP contribution is 2.38. The third-order valence-electron chi connectivity index (χ3n) is 6.50. The van der Waals surface area contributed by atoms with Crippen molar-refractivity contribution >= 4 is 44.9 Å². The number of amides is 1. The number of hydrogen-bond acceptors (Lipinski definition) is 8. The Morgan fingerprint density at radius 3 is 2.73 bits per heavy atom. The number of aromatic nitrogens is 3. The summed E-state index contributed by atoms with van der Waals surface area (Å²) in [6.07, 6.45) is 5.89. The summed E-state index contributed by atoms with van der Waals surface area (Å²) in [5, 5.41) is 6.95. The van der Waals surface area contributed by atoms with Gasteiger partial charge in [0, 0.05) is 0 Å². The summed E-state index contributed by atoms with van der Waals surface area (Å²) < 4.78 is 6.81. The Kier molecular flexibility index (Phi) is 5.19. The predicted octanol–water partition coefficient (Wildman–Crippen LogP) is 3.75. The van der Waals surface area contributed by atoms with E-state index < -0.39 is 11.6 Å². The highest BCUT2D eigenvalue weighted by molar-refractivity contribution is 7.20. The van der Waals surface area contributed by atoms with Crippen LogP contribution in [0.1, 0.15) is 70.3 Å². The number of pyridine rings is 1. The van der Waals surface area contributed by atoms with E-state index in [1.54, 1.807) is 17.6 Å². The van der Waals surface area contributed by atoms with Crippen LogP contribution in [0.4, 0.5) is 11.5 Å². The first-order valence-electron chi connectivity index (χ1n) is 11.1. The first-order chi connectivity index (χ1) is 15.9. The zero-order chi connectivity index (χ0) is 23.3. The number of esters is 1. The monoisotopic (exact) mass is 467 g/mol. The van der Waals surface area contributed by atoms with Gasteiger partial charge in [0.25, 0.3) is 11.5 Å². The zero-order valence-corrected chi connectivity index (χ0v) is 19.6. The zero-order valence-electron chi connectivity index (χ0n) is 18.8. The highest BCUT2D eigenvalue weighted by atomic mass is 32.1. The van der Waals surface area contributed by atoms with Crippen molar-refractivity contribution in [3.8, 4) is 0 Å². The average molecular weight is 468 g/mol. The molecule has 0 atom stereocenters. The number of carbonyl (C=O) groups is 2. The molecule has 2 N–H and O–H groups in total. The van der Waals surface area contributed by atoms with E-state index in [0.717, 1.165) is 37.7 Å². The lowest BCUT2D eigenvalue weighted by Gasteiger charge is -2.35. The number of carbonyl (C=O) groups excluding carboxylic acids is 2. The number of thiophene rings is 1. The number of rotatable bonds is 4. The molecule has 0 aromatic carbocycles. The van der Waals surface area contributed by atoms with E-state index in [0.29, 0.717) is 37.9 Å². The molecule has 4 heterocycles. The van der Waals surface area contributed by atoms with Crippen LogP contribution in [0.3, 0.4) is 0 Å². The number of anilines is 2. The molecule has 9 nitrogen and oxygen atoms in total. The second-order valence-corrected chi connectivity index (χ2v) is 9.58. The van der Waals surface area contributed by atoms with E-state index >= 15 is 0 Å². The van der Waals surface area contributed by atoms with E-state index in [9.17, 15) is 14.4 Å². The maximum atomic E-state index is 13.6. The van der Waals surface area contributed by atoms with Crippen molar-refractivity contribution in [3.63, 3.8) is 0 Å². The van der Waals surface area contributed by atoms with Crippen LogP contribution < -0.4 is 16.2 Å². The van der Waals surface area contributed by atoms with Gasteiger partial charge in [0.15, 0.2) is 0 Å². The first kappa shape index (κ1) is 21.6. The van der Waals surface area contributed by atoms with Crippen molar-refractivity contribution in [1.29, 1.82) is 0 Å². The molecule has 5 rings (SSSR count). The molecule has 3 aromatic rings. The van der Waals surface area contributed by atoms with Gasteiger partial charge in [0.1, 0.15) is 38.9 Å². The molecule has 3 aromatic heterocycles. The van der Waals surface area contributed by atoms with E-state index in [-0.39, 0.29) is 18.1 Å². The standard InChI is InChI=1S/C23H25N5O4S/c1-4-32-22(31)17-13(3)15-18(24-11-25-20(15)33-17)26-14-10-12(2)16-19(29)27-23(28(16)21(14)30)8-6-5-7-9-23/h10-11H,4-9H2,1-3H3,(H,27,29)(H,24,25,26). The largest absolute Gasteiger partial charge is 0.462 e. The lowest BCUT2D eigenvalue weighted by atomic mass is 9.89. The number of hydrogen-bond donors (Lipinski definition) is 2. The maximum absolute atomic E-state index is 13.6. The predicted molar refractivity (Wildman–Crippen MR) is 125 cm³/mol. The Labute approximate surface area is 194 Å². The molecule has 2 aliphatic rings. The lowest BCUT2D eigenvalue weighted by molar-refractivity contribution is 0.0531. The summed E-state index contributed by atoms with van der Waals surface area (Å²) in [5.74, 6) is -0.159. The Hall–Kier alpha value is -3.27. The maximum Gasteiger partial charge on any atom is 0.348 e. The molecule has 1 aliphatic carbocycles. The molecule has 33 heavy (non-hydrogen) atoms. The Morgan fingerprint density at radius 1 is 1.24 bits per heavy atom. The minimum atomic E-state index is -0.666. The molecular formula is C23H25N5O4S. The molecule has 1 saturated carbocycles. The van der Waals surface area contributed by atoms with Crippen LogP contribution in [0.5, 0.6) is 0 Å². The van der Waals surface area contributed by atoms with Gasteiger partial charge in [0.05, 0.1) is 12.0 Å². The number of aryl methyl sites for hydroxylation is 2. The quantitative estimate of drug-likeness (QED) is 0.562. The smallest absolute Gasteiger partial charge is 0.348 e. The second-order valence-electron chi connectivity index (χ2n) is 8.58. The fourth-order valence-electron chi connectivity index (χ4n) is 5.02. The molecule has 10 heteroatoms. The van der Waals surface area contributed by atoms with Crippen molar-refractivity contribution < 1.29 is 14.3 Å². The fourth-order valence-corrected chi connectivity index (χ4v) is 6.06. The second kappa shape index (κ2) is 7.95. The van der Waals surface area contributed by atoms with Crippen LogP contribution in [0, 0.1) is 13.8 Å². The van der Waals surface area contributed by atoms with Crippen LogP contribution in [-0.2, 0) is 10.4 Å². The topological polar surface area (TPSA) is 115 Å². The van der Waals surface area contributed by atoms with Crippen LogP contribution in [0.2, 0.25) is 0 Å². The van der Waals surface area contributed by atoms with Gasteiger partial charge in [0.2, 0.25) is 0 Å².